The molecule has 0 N–H and O–H groups in total. The van der Waals surface area contributed by atoms with Crippen LogP contribution in [-0.4, -0.2) is 0 Å². The van der Waals surface area contributed by atoms with E-state index in [1.54, 1.807) is 0 Å². The molecule has 1 nitrogen and oxygen atoms in total. The van der Waals surface area contributed by atoms with Crippen molar-refractivity contribution in [2.45, 2.75) is 20.3 Å². The molecule has 0 spiro atoms. The van der Waals surface area contributed by atoms with Gasteiger partial charge in [0, 0.05) is 17.4 Å². The van der Waals surface area contributed by atoms with Gasteiger partial charge in [-0.25, -0.2) is 0 Å². The molecule has 1 heteroatoms. The maximum absolute atomic E-state index is 5.94. The van der Waals surface area contributed by atoms with Gasteiger partial charge in [0.2, 0.25) is 0 Å². The fourth-order valence-corrected chi connectivity index (χ4v) is 2.28. The fourth-order valence-electron chi connectivity index (χ4n) is 2.28. The van der Waals surface area contributed by atoms with Crippen LogP contribution in [0.25, 0.3) is 17.0 Å². The van der Waals surface area contributed by atoms with E-state index >= 15 is 0 Å². The molecule has 1 aromatic heterocycles. The first-order valence-electron chi connectivity index (χ1n) is 5.45. The predicted molar refractivity (Wildman–Crippen MR) is 62.9 cm³/mol. The van der Waals surface area contributed by atoms with Gasteiger partial charge in [-0.2, -0.15) is 0 Å². The first kappa shape index (κ1) is 8.78. The predicted octanol–water partition coefficient (Wildman–Crippen LogP) is 3.95. The number of allylic oxidation sites excluding steroid dienone is 1. The molecular weight excluding hydrogens is 184 g/mol. The normalized spacial score (nSPS) is 19.5. The highest BCUT2D eigenvalue weighted by Gasteiger charge is 2.18. The molecule has 1 aromatic carbocycles. The quantitative estimate of drug-likeness (QED) is 0.624. The first-order chi connectivity index (χ1) is 7.25. The number of fused-ring (bicyclic) bond motifs is 3. The molecule has 15 heavy (non-hydrogen) atoms. The van der Waals surface area contributed by atoms with Gasteiger partial charge in [0.1, 0.15) is 11.3 Å². The number of para-hydroxylation sites is 1. The fraction of sp³-hybridized carbons (Fsp3) is 0.286. The summed E-state index contributed by atoms with van der Waals surface area (Å²) in [7, 11) is 0. The molecule has 0 radical (unpaired) electrons. The van der Waals surface area contributed by atoms with E-state index in [-0.39, 0.29) is 0 Å². The van der Waals surface area contributed by atoms with Gasteiger partial charge in [0.15, 0.2) is 0 Å². The van der Waals surface area contributed by atoms with Crippen LogP contribution < -0.4 is 0 Å². The highest BCUT2D eigenvalue weighted by Crippen LogP contribution is 2.33. The van der Waals surface area contributed by atoms with Crippen molar-refractivity contribution >= 4 is 17.0 Å². The number of benzene rings is 1. The molecule has 0 amide bonds. The lowest BCUT2D eigenvalue weighted by molar-refractivity contribution is 0.512. The maximum Gasteiger partial charge on any atom is 0.137 e. The van der Waals surface area contributed by atoms with E-state index in [4.69, 9.17) is 4.42 Å². The van der Waals surface area contributed by atoms with Crippen molar-refractivity contribution in [3.63, 3.8) is 0 Å². The Balaban J connectivity index is 2.34. The lowest BCUT2D eigenvalue weighted by Gasteiger charge is -2.09. The highest BCUT2D eigenvalue weighted by molar-refractivity contribution is 5.90. The zero-order chi connectivity index (χ0) is 10.4. The maximum atomic E-state index is 5.94. The Morgan fingerprint density at radius 1 is 1.33 bits per heavy atom. The molecule has 1 unspecified atom stereocenters. The molecule has 1 heterocycles. The number of furan rings is 1. The molecule has 3 rings (SSSR count). The van der Waals surface area contributed by atoms with Crippen LogP contribution in [0.15, 0.2) is 28.7 Å². The van der Waals surface area contributed by atoms with Gasteiger partial charge in [0.25, 0.3) is 0 Å². The van der Waals surface area contributed by atoms with Gasteiger partial charge >= 0.3 is 0 Å². The van der Waals surface area contributed by atoms with E-state index in [2.05, 4.69) is 44.2 Å². The molecule has 0 aliphatic heterocycles. The minimum absolute atomic E-state index is 0.596. The van der Waals surface area contributed by atoms with Gasteiger partial charge in [-0.15, -0.1) is 0 Å². The molecule has 1 aliphatic carbocycles. The zero-order valence-corrected chi connectivity index (χ0v) is 9.08. The number of hydrogen-bond donors (Lipinski definition) is 0. The largest absolute Gasteiger partial charge is 0.460 e. The topological polar surface area (TPSA) is 13.1 Å². The van der Waals surface area contributed by atoms with Crippen molar-refractivity contribution < 1.29 is 4.42 Å². The first-order valence-corrected chi connectivity index (χ1v) is 5.45. The Kier molecular flexibility index (Phi) is 1.75. The third kappa shape index (κ3) is 1.23. The highest BCUT2D eigenvalue weighted by atomic mass is 16.3. The van der Waals surface area contributed by atoms with Gasteiger partial charge < -0.3 is 4.42 Å². The number of rotatable bonds is 0. The van der Waals surface area contributed by atoms with E-state index in [0.717, 1.165) is 17.8 Å². The zero-order valence-electron chi connectivity index (χ0n) is 9.08. The summed E-state index contributed by atoms with van der Waals surface area (Å²) in [6.45, 7) is 4.32. The summed E-state index contributed by atoms with van der Waals surface area (Å²) in [5.41, 5.74) is 3.57. The van der Waals surface area contributed by atoms with Crippen LogP contribution in [0, 0.1) is 12.8 Å². The van der Waals surface area contributed by atoms with Crippen LogP contribution in [0.5, 0.6) is 0 Å². The molecule has 0 fully saturated rings. The average molecular weight is 198 g/mol. The standard InChI is InChI=1S/C14H14O/c1-9-6-7-11-12-5-3-4-10(2)14(12)15-13(11)8-9/h3-7,9H,8H2,1-2H3. The summed E-state index contributed by atoms with van der Waals surface area (Å²) in [5, 5.41) is 1.26. The third-order valence-corrected chi connectivity index (χ3v) is 3.13. The number of hydrogen-bond acceptors (Lipinski definition) is 1. The van der Waals surface area contributed by atoms with Gasteiger partial charge in [0.05, 0.1) is 0 Å². The van der Waals surface area contributed by atoms with Gasteiger partial charge in [-0.3, -0.25) is 0 Å². The van der Waals surface area contributed by atoms with E-state index in [0.29, 0.717) is 5.92 Å². The third-order valence-electron chi connectivity index (χ3n) is 3.13. The van der Waals surface area contributed by atoms with E-state index in [9.17, 15) is 0 Å². The van der Waals surface area contributed by atoms with E-state index < -0.39 is 0 Å². The molecule has 0 saturated heterocycles. The van der Waals surface area contributed by atoms with E-state index in [1.807, 2.05) is 0 Å². The second kappa shape index (κ2) is 2.99. The van der Waals surface area contributed by atoms with Crippen molar-refractivity contribution in [1.82, 2.24) is 0 Å². The summed E-state index contributed by atoms with van der Waals surface area (Å²) >= 11 is 0. The molecule has 0 bridgehead atoms. The van der Waals surface area contributed by atoms with Crippen LogP contribution >= 0.6 is 0 Å². The summed E-state index contributed by atoms with van der Waals surface area (Å²) in [4.78, 5) is 0. The summed E-state index contributed by atoms with van der Waals surface area (Å²) in [5.74, 6) is 1.74. The lowest BCUT2D eigenvalue weighted by Crippen LogP contribution is -2.00. The minimum Gasteiger partial charge on any atom is -0.460 e. The second-order valence-electron chi connectivity index (χ2n) is 4.43. The molecule has 0 saturated carbocycles. The van der Waals surface area contributed by atoms with Gasteiger partial charge in [-0.05, 0) is 18.4 Å². The Morgan fingerprint density at radius 3 is 3.07 bits per heavy atom. The van der Waals surface area contributed by atoms with Crippen molar-refractivity contribution in [1.29, 1.82) is 0 Å². The van der Waals surface area contributed by atoms with Crippen molar-refractivity contribution in [3.05, 3.63) is 41.2 Å². The monoisotopic (exact) mass is 198 g/mol. The second-order valence-corrected chi connectivity index (χ2v) is 4.43. The van der Waals surface area contributed by atoms with E-state index in [1.165, 1.54) is 16.5 Å². The SMILES string of the molecule is Cc1cccc2c3c(oc12)CC(C)C=C3. The van der Waals surface area contributed by atoms with Crippen LogP contribution in [0.2, 0.25) is 0 Å². The average Bonchev–Trinajstić information content (AvgIpc) is 2.57. The molecule has 2 aromatic rings. The Hall–Kier alpha value is -1.50. The number of aryl methyl sites for hydroxylation is 1. The summed E-state index contributed by atoms with van der Waals surface area (Å²) < 4.78 is 5.94. The Bertz CT molecular complexity index is 546. The van der Waals surface area contributed by atoms with Crippen molar-refractivity contribution in [2.75, 3.05) is 0 Å². The van der Waals surface area contributed by atoms with Crippen LogP contribution in [0.4, 0.5) is 0 Å². The van der Waals surface area contributed by atoms with Crippen LogP contribution in [-0.2, 0) is 6.42 Å². The Morgan fingerprint density at radius 2 is 2.20 bits per heavy atom. The lowest BCUT2D eigenvalue weighted by atomic mass is 9.95. The van der Waals surface area contributed by atoms with Crippen LogP contribution in [0.3, 0.4) is 0 Å². The smallest absolute Gasteiger partial charge is 0.137 e. The van der Waals surface area contributed by atoms with Crippen LogP contribution in [0.1, 0.15) is 23.8 Å². The molecule has 76 valence electrons. The summed E-state index contributed by atoms with van der Waals surface area (Å²) in [6.07, 6.45) is 5.49. The summed E-state index contributed by atoms with van der Waals surface area (Å²) in [6, 6.07) is 6.34. The van der Waals surface area contributed by atoms with Crippen molar-refractivity contribution in [3.8, 4) is 0 Å². The van der Waals surface area contributed by atoms with Crippen molar-refractivity contribution in [2.24, 2.45) is 5.92 Å². The van der Waals surface area contributed by atoms with Gasteiger partial charge in [-0.1, -0.05) is 37.3 Å². The Labute approximate surface area is 89.4 Å². The molecule has 1 atom stereocenters. The molecule has 1 aliphatic rings. The molecular formula is C14H14O. The minimum atomic E-state index is 0.596.